The molecule has 132 valence electrons. The smallest absolute Gasteiger partial charge is 0.307 e. The summed E-state index contributed by atoms with van der Waals surface area (Å²) in [4.78, 5) is 25.6. The van der Waals surface area contributed by atoms with Crippen LogP contribution >= 0.6 is 22.9 Å². The fourth-order valence-electron chi connectivity index (χ4n) is 3.21. The van der Waals surface area contributed by atoms with Crippen LogP contribution in [0.4, 0.5) is 4.39 Å². The van der Waals surface area contributed by atoms with Crippen LogP contribution in [0, 0.1) is 5.13 Å². The number of amides is 1. The van der Waals surface area contributed by atoms with Crippen LogP contribution in [-0.2, 0) is 9.53 Å². The number of ether oxygens (including phenoxy) is 1. The van der Waals surface area contributed by atoms with Gasteiger partial charge >= 0.3 is 5.97 Å². The highest BCUT2D eigenvalue weighted by atomic mass is 35.5. The van der Waals surface area contributed by atoms with E-state index >= 15 is 0 Å². The SMILES string of the molecule is COC1=C(Cl)CC2C(=C1)C(CC(=O)O)=C(C)N2C(=O)c1csc(F)c1. The summed E-state index contributed by atoms with van der Waals surface area (Å²) in [6.45, 7) is 1.69. The topological polar surface area (TPSA) is 66.8 Å². The second-order valence-electron chi connectivity index (χ2n) is 5.74. The summed E-state index contributed by atoms with van der Waals surface area (Å²) >= 11 is 7.09. The summed E-state index contributed by atoms with van der Waals surface area (Å²) in [5, 5.41) is 10.7. The second kappa shape index (κ2) is 6.65. The molecule has 1 aromatic heterocycles. The third kappa shape index (κ3) is 3.09. The molecule has 1 aliphatic heterocycles. The van der Waals surface area contributed by atoms with Crippen LogP contribution in [0.2, 0.25) is 0 Å². The molecule has 1 aliphatic carbocycles. The van der Waals surface area contributed by atoms with Crippen molar-refractivity contribution in [3.05, 3.63) is 55.9 Å². The van der Waals surface area contributed by atoms with Crippen LogP contribution in [-0.4, -0.2) is 35.0 Å². The Morgan fingerprint density at radius 2 is 2.24 bits per heavy atom. The van der Waals surface area contributed by atoms with E-state index in [-0.39, 0.29) is 17.9 Å². The lowest BCUT2D eigenvalue weighted by atomic mass is 9.92. The van der Waals surface area contributed by atoms with Gasteiger partial charge in [-0.1, -0.05) is 11.6 Å². The molecule has 0 saturated heterocycles. The van der Waals surface area contributed by atoms with E-state index in [9.17, 15) is 19.1 Å². The number of carboxylic acids is 1. The van der Waals surface area contributed by atoms with E-state index < -0.39 is 17.1 Å². The molecule has 1 amide bonds. The van der Waals surface area contributed by atoms with Gasteiger partial charge in [0.2, 0.25) is 0 Å². The van der Waals surface area contributed by atoms with E-state index in [1.54, 1.807) is 13.0 Å². The average molecular weight is 384 g/mol. The van der Waals surface area contributed by atoms with Gasteiger partial charge in [-0.05, 0) is 30.2 Å². The minimum Gasteiger partial charge on any atom is -0.496 e. The van der Waals surface area contributed by atoms with Gasteiger partial charge in [0.1, 0.15) is 5.76 Å². The summed E-state index contributed by atoms with van der Waals surface area (Å²) in [5.74, 6) is -0.914. The maximum absolute atomic E-state index is 13.3. The standard InChI is InChI=1S/C17H15ClFNO4S/c1-8-10(5-16(21)22)11-4-14(24-2)12(18)6-13(11)20(8)17(23)9-3-15(19)25-7-9/h3-4,7,13H,5-6H2,1-2H3,(H,21,22). The van der Waals surface area contributed by atoms with Gasteiger partial charge in [0.25, 0.3) is 5.91 Å². The lowest BCUT2D eigenvalue weighted by Gasteiger charge is -2.29. The molecule has 2 aliphatic rings. The Balaban J connectivity index is 2.06. The Morgan fingerprint density at radius 1 is 1.52 bits per heavy atom. The molecule has 1 atom stereocenters. The summed E-state index contributed by atoms with van der Waals surface area (Å²) < 4.78 is 18.5. The maximum atomic E-state index is 13.3. The van der Waals surface area contributed by atoms with E-state index in [2.05, 4.69) is 0 Å². The molecule has 0 aromatic carbocycles. The predicted molar refractivity (Wildman–Crippen MR) is 91.8 cm³/mol. The third-order valence-corrected chi connectivity index (χ3v) is 5.38. The number of halogens is 2. The fraction of sp³-hybridized carbons (Fsp3) is 0.294. The minimum absolute atomic E-state index is 0.218. The third-order valence-electron chi connectivity index (χ3n) is 4.32. The first kappa shape index (κ1) is 17.7. The molecule has 8 heteroatoms. The van der Waals surface area contributed by atoms with Gasteiger partial charge in [-0.3, -0.25) is 9.59 Å². The average Bonchev–Trinajstić information content (AvgIpc) is 3.08. The largest absolute Gasteiger partial charge is 0.496 e. The number of aliphatic carboxylic acids is 1. The first-order chi connectivity index (χ1) is 11.8. The molecule has 1 aromatic rings. The Bertz CT molecular complexity index is 855. The number of rotatable bonds is 4. The van der Waals surface area contributed by atoms with Crippen molar-refractivity contribution in [2.24, 2.45) is 0 Å². The first-order valence-electron chi connectivity index (χ1n) is 7.47. The summed E-state index contributed by atoms with van der Waals surface area (Å²) in [5.41, 5.74) is 2.03. The van der Waals surface area contributed by atoms with E-state index in [1.807, 2.05) is 0 Å². The van der Waals surface area contributed by atoms with Crippen molar-refractivity contribution in [3.8, 4) is 0 Å². The van der Waals surface area contributed by atoms with Crippen molar-refractivity contribution < 1.29 is 23.8 Å². The van der Waals surface area contributed by atoms with Crippen LogP contribution < -0.4 is 0 Å². The molecule has 0 spiro atoms. The Hall–Kier alpha value is -2.12. The molecular formula is C17H15ClFNO4S. The highest BCUT2D eigenvalue weighted by molar-refractivity contribution is 7.08. The van der Waals surface area contributed by atoms with Gasteiger partial charge in [-0.15, -0.1) is 11.3 Å². The molecule has 3 rings (SSSR count). The summed E-state index contributed by atoms with van der Waals surface area (Å²) in [7, 11) is 1.48. The number of carbonyl (C=O) groups excluding carboxylic acids is 1. The van der Waals surface area contributed by atoms with Crippen molar-refractivity contribution in [2.75, 3.05) is 7.11 Å². The van der Waals surface area contributed by atoms with E-state index in [4.69, 9.17) is 16.3 Å². The number of methoxy groups -OCH3 is 1. The predicted octanol–water partition coefficient (Wildman–Crippen LogP) is 3.89. The van der Waals surface area contributed by atoms with Crippen LogP contribution in [0.3, 0.4) is 0 Å². The van der Waals surface area contributed by atoms with Gasteiger partial charge in [-0.25, -0.2) is 0 Å². The number of hydrogen-bond acceptors (Lipinski definition) is 4. The first-order valence-corrected chi connectivity index (χ1v) is 8.73. The number of fused-ring (bicyclic) bond motifs is 1. The molecule has 0 radical (unpaired) electrons. The number of hydrogen-bond donors (Lipinski definition) is 1. The number of thiophene rings is 1. The zero-order valence-electron chi connectivity index (χ0n) is 13.5. The number of carbonyl (C=O) groups is 2. The highest BCUT2D eigenvalue weighted by Crippen LogP contribution is 2.43. The molecule has 1 N–H and O–H groups in total. The van der Waals surface area contributed by atoms with E-state index in [0.717, 1.165) is 11.3 Å². The van der Waals surface area contributed by atoms with Crippen LogP contribution in [0.5, 0.6) is 0 Å². The van der Waals surface area contributed by atoms with Crippen molar-refractivity contribution in [2.45, 2.75) is 25.8 Å². The van der Waals surface area contributed by atoms with Crippen LogP contribution in [0.1, 0.15) is 30.1 Å². The lowest BCUT2D eigenvalue weighted by molar-refractivity contribution is -0.136. The van der Waals surface area contributed by atoms with Crippen molar-refractivity contribution >= 4 is 34.8 Å². The Morgan fingerprint density at radius 3 is 2.80 bits per heavy atom. The molecule has 0 bridgehead atoms. The van der Waals surface area contributed by atoms with Crippen molar-refractivity contribution in [1.82, 2.24) is 4.90 Å². The number of nitrogens with zero attached hydrogens (tertiary/aromatic N) is 1. The molecule has 0 saturated carbocycles. The van der Waals surface area contributed by atoms with Gasteiger partial charge in [-0.2, -0.15) is 4.39 Å². The Kier molecular flexibility index (Phi) is 4.71. The van der Waals surface area contributed by atoms with E-state index in [0.29, 0.717) is 34.1 Å². The fourth-order valence-corrected chi connectivity index (χ4v) is 4.09. The van der Waals surface area contributed by atoms with Gasteiger partial charge in [0.15, 0.2) is 5.13 Å². The molecule has 0 fully saturated rings. The van der Waals surface area contributed by atoms with Gasteiger partial charge in [0.05, 0.1) is 30.2 Å². The molecular weight excluding hydrogens is 369 g/mol. The van der Waals surface area contributed by atoms with Crippen LogP contribution in [0.25, 0.3) is 0 Å². The summed E-state index contributed by atoms with van der Waals surface area (Å²) in [6, 6.07) is 0.760. The number of allylic oxidation sites excluding steroid dienone is 2. The van der Waals surface area contributed by atoms with Crippen molar-refractivity contribution in [1.29, 1.82) is 0 Å². The summed E-state index contributed by atoms with van der Waals surface area (Å²) in [6.07, 6.45) is 1.78. The Labute approximate surface area is 152 Å². The normalized spacial score (nSPS) is 19.9. The van der Waals surface area contributed by atoms with Crippen molar-refractivity contribution in [3.63, 3.8) is 0 Å². The molecule has 2 heterocycles. The molecule has 25 heavy (non-hydrogen) atoms. The van der Waals surface area contributed by atoms with Gasteiger partial charge in [0, 0.05) is 17.5 Å². The zero-order chi connectivity index (χ0) is 18.3. The van der Waals surface area contributed by atoms with Gasteiger partial charge < -0.3 is 14.7 Å². The van der Waals surface area contributed by atoms with Crippen LogP contribution in [0.15, 0.2) is 45.2 Å². The number of carboxylic acid groups (broad SMARTS) is 1. The monoisotopic (exact) mass is 383 g/mol. The quantitative estimate of drug-likeness (QED) is 0.856. The molecule has 1 unspecified atom stereocenters. The zero-order valence-corrected chi connectivity index (χ0v) is 15.1. The lowest BCUT2D eigenvalue weighted by Crippen LogP contribution is -2.37. The molecule has 5 nitrogen and oxygen atoms in total. The minimum atomic E-state index is -0.996. The van der Waals surface area contributed by atoms with E-state index in [1.165, 1.54) is 23.5 Å². The maximum Gasteiger partial charge on any atom is 0.307 e. The highest BCUT2D eigenvalue weighted by Gasteiger charge is 2.41. The second-order valence-corrected chi connectivity index (χ2v) is 7.06.